The molecule has 3 aromatic rings. The van der Waals surface area contributed by atoms with E-state index in [1.165, 1.54) is 11.4 Å². The van der Waals surface area contributed by atoms with Crippen LogP contribution in [-0.4, -0.2) is 25.6 Å². The van der Waals surface area contributed by atoms with Gasteiger partial charge in [-0.15, -0.1) is 11.3 Å². The van der Waals surface area contributed by atoms with Crippen LogP contribution in [0.2, 0.25) is 5.02 Å². The second-order valence-electron chi connectivity index (χ2n) is 6.85. The number of halogens is 1. The fraction of sp³-hybridized carbons (Fsp3) is 0.211. The number of amides is 2. The first-order valence-electron chi connectivity index (χ1n) is 9.04. The maximum Gasteiger partial charge on any atom is 0.409 e. The van der Waals surface area contributed by atoms with Gasteiger partial charge in [0.15, 0.2) is 0 Å². The number of anilines is 2. The average molecular weight is 499 g/mol. The predicted molar refractivity (Wildman–Crippen MR) is 120 cm³/mol. The molecule has 0 bridgehead atoms. The minimum absolute atomic E-state index is 0.0164. The Morgan fingerprint density at radius 2 is 1.91 bits per heavy atom. The summed E-state index contributed by atoms with van der Waals surface area (Å²) >= 11 is 6.92. The van der Waals surface area contributed by atoms with Crippen molar-refractivity contribution in [3.05, 3.63) is 49.8 Å². The number of hydrogen-bond donors (Lipinski definition) is 3. The highest BCUT2D eigenvalue weighted by Crippen LogP contribution is 2.34. The fourth-order valence-electron chi connectivity index (χ4n) is 3.06. The van der Waals surface area contributed by atoms with Gasteiger partial charge >= 0.3 is 6.09 Å². The number of carbonyl (C=O) groups is 2. The molecule has 0 aliphatic heterocycles. The molecule has 10 nitrogen and oxygen atoms in total. The third-order valence-corrected chi connectivity index (χ3v) is 7.35. The summed E-state index contributed by atoms with van der Waals surface area (Å²) in [5, 5.41) is 7.78. The Balaban J connectivity index is 1.94. The largest absolute Gasteiger partial charge is 0.410 e. The number of nitrogens with two attached hydrogens (primary N) is 1. The van der Waals surface area contributed by atoms with Crippen LogP contribution in [0.25, 0.3) is 0 Å². The summed E-state index contributed by atoms with van der Waals surface area (Å²) in [6, 6.07) is 3.00. The van der Waals surface area contributed by atoms with E-state index in [9.17, 15) is 18.0 Å². The number of benzene rings is 1. The van der Waals surface area contributed by atoms with Crippen LogP contribution in [0.1, 0.15) is 32.1 Å². The maximum absolute atomic E-state index is 13.0. The number of primary amides is 1. The average Bonchev–Trinajstić information content (AvgIpc) is 3.31. The zero-order valence-electron chi connectivity index (χ0n) is 17.4. The lowest BCUT2D eigenvalue weighted by Gasteiger charge is -2.17. The monoisotopic (exact) mass is 498 g/mol. The van der Waals surface area contributed by atoms with Crippen LogP contribution in [0.15, 0.2) is 26.9 Å². The van der Waals surface area contributed by atoms with Gasteiger partial charge in [0.25, 0.3) is 21.8 Å². The molecular weight excluding hydrogens is 480 g/mol. The van der Waals surface area contributed by atoms with Crippen LogP contribution in [0.4, 0.5) is 16.4 Å². The third kappa shape index (κ3) is 4.56. The summed E-state index contributed by atoms with van der Waals surface area (Å²) in [6.07, 6.45) is -0.989. The van der Waals surface area contributed by atoms with Crippen LogP contribution >= 0.6 is 22.9 Å². The van der Waals surface area contributed by atoms with Crippen molar-refractivity contribution >= 4 is 56.5 Å². The maximum atomic E-state index is 13.0. The molecule has 0 saturated heterocycles. The van der Waals surface area contributed by atoms with E-state index < -0.39 is 22.0 Å². The zero-order chi connectivity index (χ0) is 23.8. The Morgan fingerprint density at radius 3 is 2.50 bits per heavy atom. The Kier molecular flexibility index (Phi) is 6.49. The highest BCUT2D eigenvalue weighted by Gasteiger charge is 2.28. The van der Waals surface area contributed by atoms with Crippen LogP contribution < -0.4 is 20.5 Å². The summed E-state index contributed by atoms with van der Waals surface area (Å²) in [5.41, 5.74) is 7.62. The van der Waals surface area contributed by atoms with Gasteiger partial charge in [-0.2, -0.15) is 0 Å². The zero-order valence-corrected chi connectivity index (χ0v) is 19.8. The summed E-state index contributed by atoms with van der Waals surface area (Å²) in [4.78, 5) is 23.9. The van der Waals surface area contributed by atoms with Gasteiger partial charge < -0.3 is 20.3 Å². The van der Waals surface area contributed by atoms with Gasteiger partial charge in [0.2, 0.25) is 0 Å². The molecule has 0 aliphatic carbocycles. The Bertz CT molecular complexity index is 1330. The van der Waals surface area contributed by atoms with Crippen molar-refractivity contribution in [2.75, 3.05) is 10.0 Å². The molecule has 0 fully saturated rings. The van der Waals surface area contributed by atoms with Crippen molar-refractivity contribution < 1.29 is 27.3 Å². The first-order valence-corrected chi connectivity index (χ1v) is 11.8. The minimum atomic E-state index is -4.20. The highest BCUT2D eigenvalue weighted by atomic mass is 35.5. The number of ether oxygens (including phenoxy) is 1. The van der Waals surface area contributed by atoms with Gasteiger partial charge in [0, 0.05) is 5.56 Å². The van der Waals surface area contributed by atoms with E-state index in [1.54, 1.807) is 33.8 Å². The lowest BCUT2D eigenvalue weighted by atomic mass is 10.0. The molecule has 0 aliphatic rings. The van der Waals surface area contributed by atoms with E-state index in [0.29, 0.717) is 28.1 Å². The smallest absolute Gasteiger partial charge is 0.409 e. The molecular formula is C19H19ClN4O6S2. The number of nitrogens with zero attached hydrogens (tertiary/aromatic N) is 1. The number of sulfonamides is 1. The molecule has 2 aromatic heterocycles. The summed E-state index contributed by atoms with van der Waals surface area (Å²) in [5.74, 6) is -0.699. The fourth-order valence-corrected chi connectivity index (χ4v) is 5.55. The van der Waals surface area contributed by atoms with Crippen LogP contribution in [0.3, 0.4) is 0 Å². The van der Waals surface area contributed by atoms with Crippen molar-refractivity contribution in [1.29, 1.82) is 0 Å². The highest BCUT2D eigenvalue weighted by molar-refractivity contribution is 7.93. The number of carbonyl (C=O) groups excluding carboxylic acids is 2. The molecule has 3 rings (SSSR count). The first kappa shape index (κ1) is 23.6. The molecule has 0 radical (unpaired) electrons. The van der Waals surface area contributed by atoms with Gasteiger partial charge in [-0.25, -0.2) is 17.9 Å². The SMILES string of the molecule is Cc1cc(C)c(OC(N)=O)c(C)c1NC(=O)c1sccc1S(=O)(=O)Nc1onc(C)c1Cl. The third-order valence-electron chi connectivity index (χ3n) is 4.49. The Labute approximate surface area is 192 Å². The molecule has 0 atom stereocenters. The molecule has 1 aromatic carbocycles. The molecule has 32 heavy (non-hydrogen) atoms. The molecule has 13 heteroatoms. The van der Waals surface area contributed by atoms with E-state index in [2.05, 4.69) is 15.2 Å². The minimum Gasteiger partial charge on any atom is -0.410 e. The predicted octanol–water partition coefficient (Wildman–Crippen LogP) is 4.13. The van der Waals surface area contributed by atoms with Crippen molar-refractivity contribution in [2.45, 2.75) is 32.6 Å². The van der Waals surface area contributed by atoms with Crippen LogP contribution in [0.5, 0.6) is 5.75 Å². The van der Waals surface area contributed by atoms with Crippen molar-refractivity contribution in [2.24, 2.45) is 5.73 Å². The summed E-state index contributed by atoms with van der Waals surface area (Å²) in [7, 11) is -4.20. The van der Waals surface area contributed by atoms with E-state index in [4.69, 9.17) is 26.6 Å². The van der Waals surface area contributed by atoms with E-state index in [0.717, 1.165) is 11.3 Å². The van der Waals surface area contributed by atoms with Gasteiger partial charge in [-0.1, -0.05) is 22.8 Å². The van der Waals surface area contributed by atoms with Gasteiger partial charge in [-0.3, -0.25) is 4.79 Å². The molecule has 170 valence electrons. The summed E-state index contributed by atoms with van der Waals surface area (Å²) in [6.45, 7) is 6.69. The normalized spacial score (nSPS) is 11.3. The number of nitrogens with one attached hydrogen (secondary N) is 2. The van der Waals surface area contributed by atoms with Crippen molar-refractivity contribution in [3.8, 4) is 5.75 Å². The molecule has 0 saturated carbocycles. The number of aryl methyl sites for hydroxylation is 3. The number of thiophene rings is 1. The van der Waals surface area contributed by atoms with Crippen molar-refractivity contribution in [1.82, 2.24) is 5.16 Å². The van der Waals surface area contributed by atoms with Gasteiger partial charge in [0.05, 0.1) is 5.69 Å². The van der Waals surface area contributed by atoms with Gasteiger partial charge in [-0.05, 0) is 50.3 Å². The second kappa shape index (κ2) is 8.81. The first-order chi connectivity index (χ1) is 14.9. The molecule has 0 spiro atoms. The number of hydrogen-bond acceptors (Lipinski definition) is 8. The van der Waals surface area contributed by atoms with Gasteiger partial charge in [0.1, 0.15) is 26.2 Å². The molecule has 2 amide bonds. The number of aromatic nitrogens is 1. The van der Waals surface area contributed by atoms with Crippen molar-refractivity contribution in [3.63, 3.8) is 0 Å². The topological polar surface area (TPSA) is 154 Å². The molecule has 0 unspecified atom stereocenters. The quantitative estimate of drug-likeness (QED) is 0.461. The Morgan fingerprint density at radius 1 is 1.22 bits per heavy atom. The Hall–Kier alpha value is -3.09. The van der Waals surface area contributed by atoms with Crippen LogP contribution in [0, 0.1) is 27.7 Å². The second-order valence-corrected chi connectivity index (χ2v) is 9.79. The van der Waals surface area contributed by atoms with E-state index >= 15 is 0 Å². The lowest BCUT2D eigenvalue weighted by Crippen LogP contribution is -2.20. The number of rotatable bonds is 6. The van der Waals surface area contributed by atoms with E-state index in [1.807, 2.05) is 0 Å². The molecule has 2 heterocycles. The van der Waals surface area contributed by atoms with E-state index in [-0.39, 0.29) is 26.4 Å². The standard InChI is InChI=1S/C19H19ClN4O6S2/c1-8-7-9(2)15(29-19(21)26)10(3)14(8)22-17(25)16-12(5-6-31-16)32(27,28)24-18-13(20)11(4)23-30-18/h5-7,24H,1-4H3,(H2,21,26)(H,22,25). The lowest BCUT2D eigenvalue weighted by molar-refractivity contribution is 0.102. The summed E-state index contributed by atoms with van der Waals surface area (Å²) < 4.78 is 37.9. The van der Waals surface area contributed by atoms with Crippen LogP contribution in [-0.2, 0) is 10.0 Å². The molecule has 4 N–H and O–H groups in total.